The Morgan fingerprint density at radius 1 is 1.43 bits per heavy atom. The molecule has 1 N–H and O–H groups in total. The van der Waals surface area contributed by atoms with Crippen LogP contribution in [0.2, 0.25) is 0 Å². The van der Waals surface area contributed by atoms with Gasteiger partial charge in [0.05, 0.1) is 6.20 Å². The van der Waals surface area contributed by atoms with E-state index in [0.29, 0.717) is 12.5 Å². The van der Waals surface area contributed by atoms with Crippen LogP contribution in [-0.4, -0.2) is 22.2 Å². The second-order valence-corrected chi connectivity index (χ2v) is 6.48. The molecule has 0 unspecified atom stereocenters. The first-order chi connectivity index (χ1) is 10.1. The van der Waals surface area contributed by atoms with E-state index in [-0.39, 0.29) is 11.8 Å². The Bertz CT molecular complexity index is 635. The van der Waals surface area contributed by atoms with E-state index < -0.39 is 0 Å². The first-order valence-electron chi connectivity index (χ1n) is 7.14. The average molecular weight is 348 g/mol. The molecule has 0 radical (unpaired) electrons. The van der Waals surface area contributed by atoms with Crippen molar-refractivity contribution in [3.63, 3.8) is 0 Å². The molecule has 1 amide bonds. The number of aromatic nitrogens is 2. The van der Waals surface area contributed by atoms with Gasteiger partial charge in [0.15, 0.2) is 0 Å². The van der Waals surface area contributed by atoms with Crippen molar-refractivity contribution in [1.29, 1.82) is 0 Å². The van der Waals surface area contributed by atoms with Crippen molar-refractivity contribution >= 4 is 21.8 Å². The molecular formula is C16H18BrN3O. The number of halogens is 1. The third kappa shape index (κ3) is 3.53. The van der Waals surface area contributed by atoms with E-state index in [1.54, 1.807) is 4.68 Å². The Hall–Kier alpha value is -1.62. The highest BCUT2D eigenvalue weighted by Gasteiger charge is 2.43. The summed E-state index contributed by atoms with van der Waals surface area (Å²) in [6, 6.07) is 8.26. The maximum atomic E-state index is 12.1. The van der Waals surface area contributed by atoms with Gasteiger partial charge >= 0.3 is 0 Å². The molecule has 0 bridgehead atoms. The molecule has 3 rings (SSSR count). The third-order valence-electron chi connectivity index (χ3n) is 3.90. The first kappa shape index (κ1) is 14.3. The van der Waals surface area contributed by atoms with Crippen LogP contribution < -0.4 is 5.32 Å². The number of amides is 1. The van der Waals surface area contributed by atoms with Gasteiger partial charge in [-0.3, -0.25) is 9.48 Å². The van der Waals surface area contributed by atoms with E-state index >= 15 is 0 Å². The molecular weight excluding hydrogens is 330 g/mol. The van der Waals surface area contributed by atoms with E-state index in [1.165, 1.54) is 5.56 Å². The number of benzene rings is 1. The highest BCUT2D eigenvalue weighted by Crippen LogP contribution is 2.47. The van der Waals surface area contributed by atoms with Gasteiger partial charge in [0.2, 0.25) is 5.91 Å². The van der Waals surface area contributed by atoms with Gasteiger partial charge in [-0.15, -0.1) is 0 Å². The molecule has 2 aromatic rings. The smallest absolute Gasteiger partial charge is 0.223 e. The summed E-state index contributed by atoms with van der Waals surface area (Å²) >= 11 is 3.43. The molecule has 4 nitrogen and oxygen atoms in total. The molecule has 1 aromatic carbocycles. The summed E-state index contributed by atoms with van der Waals surface area (Å²) in [6.07, 6.45) is 5.61. The Morgan fingerprint density at radius 2 is 2.19 bits per heavy atom. The van der Waals surface area contributed by atoms with Crippen LogP contribution in [0.4, 0.5) is 0 Å². The lowest BCUT2D eigenvalue weighted by atomic mass is 10.1. The van der Waals surface area contributed by atoms with E-state index in [2.05, 4.69) is 38.5 Å². The number of nitrogens with one attached hydrogen (secondary N) is 1. The molecule has 21 heavy (non-hydrogen) atoms. The summed E-state index contributed by atoms with van der Waals surface area (Å²) < 4.78 is 2.85. The van der Waals surface area contributed by atoms with Gasteiger partial charge in [0.25, 0.3) is 0 Å². The predicted molar refractivity (Wildman–Crippen MR) is 84.9 cm³/mol. The molecule has 0 aliphatic heterocycles. The minimum atomic E-state index is 0.139. The molecule has 1 saturated carbocycles. The standard InChI is InChI=1S/C16H18BrN3O/c1-20-10-11(9-19-20)6-7-18-16(21)15-8-14(15)12-2-4-13(17)5-3-12/h2-5,9-10,14-15H,6-8H2,1H3,(H,18,21)/t14-,15+/m0/s1. The normalized spacial score (nSPS) is 20.3. The zero-order valence-electron chi connectivity index (χ0n) is 11.9. The highest BCUT2D eigenvalue weighted by atomic mass is 79.9. The summed E-state index contributed by atoms with van der Waals surface area (Å²) in [4.78, 5) is 12.1. The van der Waals surface area contributed by atoms with Crippen molar-refractivity contribution < 1.29 is 4.79 Å². The molecule has 5 heteroatoms. The molecule has 1 aromatic heterocycles. The van der Waals surface area contributed by atoms with E-state index in [9.17, 15) is 4.79 Å². The fourth-order valence-electron chi connectivity index (χ4n) is 2.63. The van der Waals surface area contributed by atoms with Crippen LogP contribution in [0.1, 0.15) is 23.5 Å². The average Bonchev–Trinajstić information content (AvgIpc) is 3.16. The van der Waals surface area contributed by atoms with Crippen LogP contribution >= 0.6 is 15.9 Å². The number of hydrogen-bond acceptors (Lipinski definition) is 2. The number of rotatable bonds is 5. The SMILES string of the molecule is Cn1cc(CCNC(=O)[C@@H]2C[C@H]2c2ccc(Br)cc2)cn1. The van der Waals surface area contributed by atoms with Gasteiger partial charge in [-0.05, 0) is 42.0 Å². The van der Waals surface area contributed by atoms with Crippen LogP contribution in [-0.2, 0) is 18.3 Å². The fraction of sp³-hybridized carbons (Fsp3) is 0.375. The molecule has 110 valence electrons. The lowest BCUT2D eigenvalue weighted by molar-refractivity contribution is -0.122. The molecule has 1 fully saturated rings. The zero-order valence-corrected chi connectivity index (χ0v) is 13.5. The first-order valence-corrected chi connectivity index (χ1v) is 7.93. The fourth-order valence-corrected chi connectivity index (χ4v) is 2.89. The third-order valence-corrected chi connectivity index (χ3v) is 4.43. The molecule has 1 aliphatic rings. The highest BCUT2D eigenvalue weighted by molar-refractivity contribution is 9.10. The van der Waals surface area contributed by atoms with Gasteiger partial charge in [-0.1, -0.05) is 28.1 Å². The molecule has 2 atom stereocenters. The number of aryl methyl sites for hydroxylation is 1. The van der Waals surface area contributed by atoms with E-state index in [1.807, 2.05) is 31.6 Å². The van der Waals surface area contributed by atoms with Gasteiger partial charge in [0.1, 0.15) is 0 Å². The number of hydrogen-bond donors (Lipinski definition) is 1. The van der Waals surface area contributed by atoms with Crippen molar-refractivity contribution in [2.75, 3.05) is 6.54 Å². The second-order valence-electron chi connectivity index (χ2n) is 5.56. The lowest BCUT2D eigenvalue weighted by Gasteiger charge is -2.04. The summed E-state index contributed by atoms with van der Waals surface area (Å²) in [5.41, 5.74) is 2.41. The van der Waals surface area contributed by atoms with Crippen LogP contribution in [0.3, 0.4) is 0 Å². The maximum Gasteiger partial charge on any atom is 0.223 e. The van der Waals surface area contributed by atoms with Gasteiger partial charge in [-0.25, -0.2) is 0 Å². The number of nitrogens with zero attached hydrogens (tertiary/aromatic N) is 2. The molecule has 0 saturated heterocycles. The van der Waals surface area contributed by atoms with Crippen LogP contribution in [0, 0.1) is 5.92 Å². The Kier molecular flexibility index (Phi) is 4.10. The van der Waals surface area contributed by atoms with Crippen LogP contribution in [0.5, 0.6) is 0 Å². The van der Waals surface area contributed by atoms with Crippen molar-refractivity contribution in [3.8, 4) is 0 Å². The largest absolute Gasteiger partial charge is 0.356 e. The van der Waals surface area contributed by atoms with Crippen molar-refractivity contribution in [2.24, 2.45) is 13.0 Å². The van der Waals surface area contributed by atoms with Gasteiger partial charge < -0.3 is 5.32 Å². The Balaban J connectivity index is 1.46. The quantitative estimate of drug-likeness (QED) is 0.903. The van der Waals surface area contributed by atoms with Crippen molar-refractivity contribution in [2.45, 2.75) is 18.8 Å². The Labute approximate surface area is 132 Å². The summed E-state index contributed by atoms with van der Waals surface area (Å²) in [5, 5.41) is 7.15. The zero-order chi connectivity index (χ0) is 14.8. The Morgan fingerprint density at radius 3 is 2.86 bits per heavy atom. The van der Waals surface area contributed by atoms with Gasteiger partial charge in [-0.2, -0.15) is 5.10 Å². The lowest BCUT2D eigenvalue weighted by Crippen LogP contribution is -2.27. The molecule has 1 heterocycles. The predicted octanol–water partition coefficient (Wildman–Crippen LogP) is 2.65. The van der Waals surface area contributed by atoms with Gasteiger partial charge in [0, 0.05) is 30.2 Å². The maximum absolute atomic E-state index is 12.1. The van der Waals surface area contributed by atoms with Crippen LogP contribution in [0.15, 0.2) is 41.1 Å². The second kappa shape index (κ2) is 6.02. The molecule has 0 spiro atoms. The monoisotopic (exact) mass is 347 g/mol. The van der Waals surface area contributed by atoms with Crippen LogP contribution in [0.25, 0.3) is 0 Å². The number of carbonyl (C=O) groups excluding carboxylic acids is 1. The minimum Gasteiger partial charge on any atom is -0.356 e. The topological polar surface area (TPSA) is 46.9 Å². The summed E-state index contributed by atoms with van der Waals surface area (Å²) in [5.74, 6) is 0.698. The van der Waals surface area contributed by atoms with Crippen molar-refractivity contribution in [3.05, 3.63) is 52.3 Å². The van der Waals surface area contributed by atoms with E-state index in [0.717, 1.165) is 22.9 Å². The minimum absolute atomic E-state index is 0.139. The summed E-state index contributed by atoms with van der Waals surface area (Å²) in [7, 11) is 1.90. The number of carbonyl (C=O) groups is 1. The van der Waals surface area contributed by atoms with Crippen molar-refractivity contribution in [1.82, 2.24) is 15.1 Å². The van der Waals surface area contributed by atoms with E-state index in [4.69, 9.17) is 0 Å². The molecule has 1 aliphatic carbocycles. The summed E-state index contributed by atoms with van der Waals surface area (Å²) in [6.45, 7) is 0.675.